The minimum absolute atomic E-state index is 0.0693. The molecule has 172 valence electrons. The summed E-state index contributed by atoms with van der Waals surface area (Å²) in [5, 5.41) is 5.86. The van der Waals surface area contributed by atoms with E-state index in [2.05, 4.69) is 53.7 Å². The fourth-order valence-electron chi connectivity index (χ4n) is 3.69. The van der Waals surface area contributed by atoms with E-state index in [-0.39, 0.29) is 17.7 Å². The summed E-state index contributed by atoms with van der Waals surface area (Å²) < 4.78 is 5.85. The average molecular weight is 446 g/mol. The molecule has 6 heteroatoms. The van der Waals surface area contributed by atoms with Gasteiger partial charge in [-0.25, -0.2) is 4.98 Å². The van der Waals surface area contributed by atoms with Gasteiger partial charge in [0.05, 0.1) is 6.20 Å². The Labute approximate surface area is 194 Å². The second kappa shape index (κ2) is 10.5. The van der Waals surface area contributed by atoms with Gasteiger partial charge in [0.15, 0.2) is 11.7 Å². The van der Waals surface area contributed by atoms with Gasteiger partial charge in [0.1, 0.15) is 0 Å². The Morgan fingerprint density at radius 3 is 2.61 bits per heavy atom. The molecule has 3 aromatic rings. The third-order valence-corrected chi connectivity index (χ3v) is 5.63. The maximum absolute atomic E-state index is 12.3. The van der Waals surface area contributed by atoms with Gasteiger partial charge in [-0.05, 0) is 48.4 Å². The predicted molar refractivity (Wildman–Crippen MR) is 128 cm³/mol. The summed E-state index contributed by atoms with van der Waals surface area (Å²) >= 11 is 0. The molecule has 1 fully saturated rings. The predicted octanol–water partition coefficient (Wildman–Crippen LogP) is 5.14. The van der Waals surface area contributed by atoms with Crippen LogP contribution in [0, 0.1) is 11.8 Å². The van der Waals surface area contributed by atoms with Crippen molar-refractivity contribution >= 4 is 17.5 Å². The lowest BCUT2D eigenvalue weighted by molar-refractivity contribution is -0.121. The van der Waals surface area contributed by atoms with Crippen LogP contribution in [0.15, 0.2) is 59.1 Å². The SMILES string of the molecule is CC(C)Cc1ccc(-c2cnc(CCC(=O)NCc3cccc(NC(=O)C4CC4)c3)o2)cc1. The van der Waals surface area contributed by atoms with Gasteiger partial charge in [0, 0.05) is 36.6 Å². The summed E-state index contributed by atoms with van der Waals surface area (Å²) in [6.45, 7) is 4.82. The highest BCUT2D eigenvalue weighted by Crippen LogP contribution is 2.30. The van der Waals surface area contributed by atoms with Crippen LogP contribution in [0.4, 0.5) is 5.69 Å². The number of aromatic nitrogens is 1. The zero-order valence-electron chi connectivity index (χ0n) is 19.3. The van der Waals surface area contributed by atoms with Crippen LogP contribution in [0.1, 0.15) is 50.1 Å². The molecule has 0 unspecified atom stereocenters. The standard InChI is InChI=1S/C27H31N3O3/c1-18(2)14-19-6-8-21(9-7-19)24-17-29-26(33-24)13-12-25(31)28-16-20-4-3-5-23(15-20)30-27(32)22-10-11-22/h3-9,15,17-18,22H,10-14,16H2,1-2H3,(H,28,31)(H,30,32). The van der Waals surface area contributed by atoms with E-state index in [0.29, 0.717) is 37.0 Å². The molecule has 0 spiro atoms. The van der Waals surface area contributed by atoms with Crippen molar-refractivity contribution in [1.29, 1.82) is 0 Å². The molecule has 0 saturated heterocycles. The number of oxazole rings is 1. The molecule has 0 bridgehead atoms. The molecule has 1 aliphatic rings. The molecule has 1 saturated carbocycles. The molecule has 6 nitrogen and oxygen atoms in total. The molecule has 0 aliphatic heterocycles. The summed E-state index contributed by atoms with van der Waals surface area (Å²) in [6.07, 6.45) is 5.44. The van der Waals surface area contributed by atoms with E-state index in [1.165, 1.54) is 5.56 Å². The Morgan fingerprint density at radius 1 is 1.09 bits per heavy atom. The van der Waals surface area contributed by atoms with Crippen LogP contribution in [0.2, 0.25) is 0 Å². The van der Waals surface area contributed by atoms with Crippen LogP contribution in [0.3, 0.4) is 0 Å². The highest BCUT2D eigenvalue weighted by molar-refractivity contribution is 5.94. The van der Waals surface area contributed by atoms with Crippen LogP contribution >= 0.6 is 0 Å². The molecule has 1 heterocycles. The summed E-state index contributed by atoms with van der Waals surface area (Å²) in [5.41, 5.74) is 4.00. The Morgan fingerprint density at radius 2 is 1.88 bits per heavy atom. The van der Waals surface area contributed by atoms with Crippen LogP contribution in [-0.4, -0.2) is 16.8 Å². The topological polar surface area (TPSA) is 84.2 Å². The van der Waals surface area contributed by atoms with E-state index in [4.69, 9.17) is 4.42 Å². The average Bonchev–Trinajstić information content (AvgIpc) is 3.55. The fraction of sp³-hybridized carbons (Fsp3) is 0.370. The van der Waals surface area contributed by atoms with Gasteiger partial charge in [-0.1, -0.05) is 50.2 Å². The van der Waals surface area contributed by atoms with Gasteiger partial charge in [0.25, 0.3) is 0 Å². The number of amides is 2. The Bertz CT molecular complexity index is 1100. The quantitative estimate of drug-likeness (QED) is 0.453. The third-order valence-electron chi connectivity index (χ3n) is 5.63. The zero-order chi connectivity index (χ0) is 23.2. The van der Waals surface area contributed by atoms with Crippen LogP contribution in [0.25, 0.3) is 11.3 Å². The van der Waals surface area contributed by atoms with Gasteiger partial charge >= 0.3 is 0 Å². The highest BCUT2D eigenvalue weighted by atomic mass is 16.4. The Kier molecular flexibility index (Phi) is 7.23. The minimum atomic E-state index is -0.0693. The monoisotopic (exact) mass is 445 g/mol. The number of anilines is 1. The number of rotatable bonds is 10. The van der Waals surface area contributed by atoms with Crippen molar-refractivity contribution < 1.29 is 14.0 Å². The number of carbonyl (C=O) groups excluding carboxylic acids is 2. The maximum Gasteiger partial charge on any atom is 0.227 e. The summed E-state index contributed by atoms with van der Waals surface area (Å²) in [6, 6.07) is 15.9. The number of nitrogens with one attached hydrogen (secondary N) is 2. The number of benzene rings is 2. The summed E-state index contributed by atoms with van der Waals surface area (Å²) in [4.78, 5) is 28.5. The van der Waals surface area contributed by atoms with Gasteiger partial charge in [-0.3, -0.25) is 9.59 Å². The third kappa shape index (κ3) is 6.78. The normalized spacial score (nSPS) is 13.2. The van der Waals surface area contributed by atoms with Gasteiger partial charge in [0.2, 0.25) is 11.8 Å². The molecule has 2 N–H and O–H groups in total. The molecule has 2 amide bonds. The number of hydrogen-bond donors (Lipinski definition) is 2. The smallest absolute Gasteiger partial charge is 0.227 e. The first-order valence-corrected chi connectivity index (χ1v) is 11.7. The van der Waals surface area contributed by atoms with E-state index in [1.54, 1.807) is 6.20 Å². The van der Waals surface area contributed by atoms with E-state index >= 15 is 0 Å². The van der Waals surface area contributed by atoms with Crippen LogP contribution in [-0.2, 0) is 29.0 Å². The van der Waals surface area contributed by atoms with E-state index in [0.717, 1.165) is 36.1 Å². The van der Waals surface area contributed by atoms with Crippen molar-refractivity contribution in [2.75, 3.05) is 5.32 Å². The molecule has 2 aromatic carbocycles. The van der Waals surface area contributed by atoms with E-state index < -0.39 is 0 Å². The molecular formula is C27H31N3O3. The minimum Gasteiger partial charge on any atom is -0.441 e. The lowest BCUT2D eigenvalue weighted by Crippen LogP contribution is -2.23. The first-order valence-electron chi connectivity index (χ1n) is 11.7. The first kappa shape index (κ1) is 22.8. The van der Waals surface area contributed by atoms with Crippen LogP contribution < -0.4 is 10.6 Å². The highest BCUT2D eigenvalue weighted by Gasteiger charge is 2.29. The van der Waals surface area contributed by atoms with Crippen molar-refractivity contribution in [3.63, 3.8) is 0 Å². The molecular weight excluding hydrogens is 414 g/mol. The molecule has 1 aliphatic carbocycles. The zero-order valence-corrected chi connectivity index (χ0v) is 19.3. The van der Waals surface area contributed by atoms with E-state index in [1.807, 2.05) is 24.3 Å². The Balaban J connectivity index is 1.23. The van der Waals surface area contributed by atoms with Gasteiger partial charge in [-0.15, -0.1) is 0 Å². The lowest BCUT2D eigenvalue weighted by atomic mass is 10.0. The number of hydrogen-bond acceptors (Lipinski definition) is 4. The second-order valence-electron chi connectivity index (χ2n) is 9.15. The molecule has 1 aromatic heterocycles. The number of nitrogens with zero attached hydrogens (tertiary/aromatic N) is 1. The first-order chi connectivity index (χ1) is 16.0. The summed E-state index contributed by atoms with van der Waals surface area (Å²) in [5.74, 6) is 2.06. The van der Waals surface area contributed by atoms with Gasteiger partial charge < -0.3 is 15.1 Å². The second-order valence-corrected chi connectivity index (χ2v) is 9.15. The van der Waals surface area contributed by atoms with Crippen LogP contribution in [0.5, 0.6) is 0 Å². The Hall–Kier alpha value is -3.41. The van der Waals surface area contributed by atoms with Crippen molar-refractivity contribution in [1.82, 2.24) is 10.3 Å². The van der Waals surface area contributed by atoms with Crippen molar-refractivity contribution in [2.24, 2.45) is 11.8 Å². The molecule has 4 rings (SSSR count). The van der Waals surface area contributed by atoms with Crippen molar-refractivity contribution in [2.45, 2.75) is 52.5 Å². The number of aryl methyl sites for hydroxylation is 1. The fourth-order valence-corrected chi connectivity index (χ4v) is 3.69. The van der Waals surface area contributed by atoms with Crippen molar-refractivity contribution in [3.8, 4) is 11.3 Å². The maximum atomic E-state index is 12.3. The molecule has 0 atom stereocenters. The largest absolute Gasteiger partial charge is 0.441 e. The number of carbonyl (C=O) groups is 2. The molecule has 0 radical (unpaired) electrons. The summed E-state index contributed by atoms with van der Waals surface area (Å²) in [7, 11) is 0. The lowest BCUT2D eigenvalue weighted by Gasteiger charge is -2.08. The van der Waals surface area contributed by atoms with Gasteiger partial charge in [-0.2, -0.15) is 0 Å². The molecule has 33 heavy (non-hydrogen) atoms. The van der Waals surface area contributed by atoms with Crippen molar-refractivity contribution in [3.05, 3.63) is 71.7 Å². The van der Waals surface area contributed by atoms with E-state index in [9.17, 15) is 9.59 Å².